The summed E-state index contributed by atoms with van der Waals surface area (Å²) in [5.41, 5.74) is 0.0955. The van der Waals surface area contributed by atoms with Crippen molar-refractivity contribution in [3.8, 4) is 0 Å². The van der Waals surface area contributed by atoms with E-state index < -0.39 is 24.0 Å². The van der Waals surface area contributed by atoms with Crippen LogP contribution in [0.2, 0.25) is 0 Å². The molecule has 7 heteroatoms. The molecule has 116 valence electrons. The molecular weight excluding hydrogens is 272 g/mol. The second-order valence-corrected chi connectivity index (χ2v) is 5.26. The highest BCUT2D eigenvalue weighted by Crippen LogP contribution is 2.00. The molecule has 2 atom stereocenters. The van der Waals surface area contributed by atoms with E-state index in [9.17, 15) is 14.7 Å². The Labute approximate surface area is 124 Å². The van der Waals surface area contributed by atoms with Crippen LogP contribution < -0.4 is 10.6 Å². The van der Waals surface area contributed by atoms with Gasteiger partial charge in [0.15, 0.2) is 0 Å². The maximum absolute atomic E-state index is 12.0. The molecule has 7 nitrogen and oxygen atoms in total. The maximum atomic E-state index is 12.0. The number of nitrogens with one attached hydrogen (secondary N) is 2. The summed E-state index contributed by atoms with van der Waals surface area (Å²) >= 11 is 0. The number of carbonyl (C=O) groups is 2. The van der Waals surface area contributed by atoms with Gasteiger partial charge in [-0.1, -0.05) is 13.8 Å². The third-order valence-corrected chi connectivity index (χ3v) is 2.87. The number of aliphatic hydroxyl groups excluding tert-OH is 1. The molecule has 0 aliphatic rings. The number of hydrogen-bond acceptors (Lipinski definition) is 5. The lowest BCUT2D eigenvalue weighted by Gasteiger charge is -2.20. The summed E-state index contributed by atoms with van der Waals surface area (Å²) in [6.07, 6.45) is 3.95. The van der Waals surface area contributed by atoms with Crippen LogP contribution in [0, 0.1) is 5.92 Å². The third kappa shape index (κ3) is 5.86. The highest BCUT2D eigenvalue weighted by atomic mass is 16.3. The second kappa shape index (κ2) is 8.31. The Morgan fingerprint density at radius 3 is 2.52 bits per heavy atom. The number of aliphatic hydroxyl groups is 1. The fourth-order valence-corrected chi connectivity index (χ4v) is 1.63. The van der Waals surface area contributed by atoms with Crippen molar-refractivity contribution in [3.05, 3.63) is 24.3 Å². The molecule has 1 heterocycles. The van der Waals surface area contributed by atoms with Gasteiger partial charge in [0.1, 0.15) is 11.7 Å². The number of hydrogen-bond donors (Lipinski definition) is 3. The van der Waals surface area contributed by atoms with Gasteiger partial charge < -0.3 is 15.7 Å². The van der Waals surface area contributed by atoms with Crippen LogP contribution in [0.5, 0.6) is 0 Å². The molecule has 2 amide bonds. The van der Waals surface area contributed by atoms with Crippen LogP contribution in [0.15, 0.2) is 18.6 Å². The van der Waals surface area contributed by atoms with E-state index in [2.05, 4.69) is 20.6 Å². The van der Waals surface area contributed by atoms with Gasteiger partial charge in [0.2, 0.25) is 5.91 Å². The molecule has 0 bridgehead atoms. The first-order chi connectivity index (χ1) is 9.91. The van der Waals surface area contributed by atoms with Gasteiger partial charge in [-0.15, -0.1) is 0 Å². The lowest BCUT2D eigenvalue weighted by molar-refractivity contribution is -0.125. The predicted octanol–water partition coefficient (Wildman–Crippen LogP) is 0.118. The van der Waals surface area contributed by atoms with Crippen LogP contribution in [0.25, 0.3) is 0 Å². The van der Waals surface area contributed by atoms with Crippen LogP contribution in [0.1, 0.15) is 37.7 Å². The Morgan fingerprint density at radius 2 is 2.00 bits per heavy atom. The molecular formula is C14H22N4O3. The first-order valence-corrected chi connectivity index (χ1v) is 6.94. The molecule has 0 aromatic carbocycles. The van der Waals surface area contributed by atoms with Crippen LogP contribution in [0.4, 0.5) is 0 Å². The quantitative estimate of drug-likeness (QED) is 0.662. The van der Waals surface area contributed by atoms with Crippen molar-refractivity contribution in [2.24, 2.45) is 5.92 Å². The average Bonchev–Trinajstić information content (AvgIpc) is 2.44. The molecule has 0 saturated carbocycles. The SMILES string of the molecule is CC(C)CCNC(=O)[C@@H](NC(=O)c1cnccn1)[C@@H](C)O. The van der Waals surface area contributed by atoms with E-state index >= 15 is 0 Å². The molecule has 0 radical (unpaired) electrons. The molecule has 1 aromatic rings. The summed E-state index contributed by atoms with van der Waals surface area (Å²) in [6.45, 7) is 6.05. The van der Waals surface area contributed by atoms with Gasteiger partial charge in [-0.05, 0) is 19.3 Å². The van der Waals surface area contributed by atoms with Crippen molar-refractivity contribution in [2.45, 2.75) is 39.3 Å². The molecule has 0 unspecified atom stereocenters. The Hall–Kier alpha value is -2.02. The van der Waals surface area contributed by atoms with E-state index in [0.717, 1.165) is 6.42 Å². The molecule has 0 spiro atoms. The molecule has 21 heavy (non-hydrogen) atoms. The zero-order chi connectivity index (χ0) is 15.8. The van der Waals surface area contributed by atoms with Gasteiger partial charge in [0.05, 0.1) is 12.3 Å². The van der Waals surface area contributed by atoms with Crippen molar-refractivity contribution in [3.63, 3.8) is 0 Å². The van der Waals surface area contributed by atoms with Gasteiger partial charge in [0.25, 0.3) is 5.91 Å². The zero-order valence-electron chi connectivity index (χ0n) is 12.5. The van der Waals surface area contributed by atoms with Gasteiger partial charge in [-0.25, -0.2) is 4.98 Å². The normalized spacial score (nSPS) is 13.6. The second-order valence-electron chi connectivity index (χ2n) is 5.26. The minimum absolute atomic E-state index is 0.0955. The standard InChI is InChI=1S/C14H22N4O3/c1-9(2)4-5-17-14(21)12(10(3)19)18-13(20)11-8-15-6-7-16-11/h6-10,12,19H,4-5H2,1-3H3,(H,17,21)(H,18,20)/t10-,12+/m1/s1. The molecule has 1 aromatic heterocycles. The highest BCUT2D eigenvalue weighted by molar-refractivity contribution is 5.96. The van der Waals surface area contributed by atoms with E-state index in [0.29, 0.717) is 12.5 Å². The third-order valence-electron chi connectivity index (χ3n) is 2.87. The minimum Gasteiger partial charge on any atom is -0.391 e. The van der Waals surface area contributed by atoms with Gasteiger partial charge >= 0.3 is 0 Å². The van der Waals surface area contributed by atoms with Crippen molar-refractivity contribution in [2.75, 3.05) is 6.54 Å². The summed E-state index contributed by atoms with van der Waals surface area (Å²) in [5, 5.41) is 14.8. The number of carbonyl (C=O) groups excluding carboxylic acids is 2. The largest absolute Gasteiger partial charge is 0.391 e. The maximum Gasteiger partial charge on any atom is 0.272 e. The number of nitrogens with zero attached hydrogens (tertiary/aromatic N) is 2. The van der Waals surface area contributed by atoms with Crippen LogP contribution in [-0.2, 0) is 4.79 Å². The van der Waals surface area contributed by atoms with Crippen molar-refractivity contribution in [1.82, 2.24) is 20.6 Å². The average molecular weight is 294 g/mol. The number of amides is 2. The Bertz CT molecular complexity index is 463. The van der Waals surface area contributed by atoms with Crippen LogP contribution >= 0.6 is 0 Å². The van der Waals surface area contributed by atoms with E-state index in [-0.39, 0.29) is 5.69 Å². The number of aromatic nitrogens is 2. The van der Waals surface area contributed by atoms with E-state index in [1.807, 2.05) is 13.8 Å². The van der Waals surface area contributed by atoms with Crippen molar-refractivity contribution >= 4 is 11.8 Å². The first kappa shape index (κ1) is 17.0. The highest BCUT2D eigenvalue weighted by Gasteiger charge is 2.26. The van der Waals surface area contributed by atoms with E-state index in [1.165, 1.54) is 25.5 Å². The minimum atomic E-state index is -1.02. The molecule has 0 fully saturated rings. The van der Waals surface area contributed by atoms with Crippen molar-refractivity contribution < 1.29 is 14.7 Å². The van der Waals surface area contributed by atoms with Gasteiger partial charge in [-0.2, -0.15) is 0 Å². The van der Waals surface area contributed by atoms with Gasteiger partial charge in [-0.3, -0.25) is 14.6 Å². The molecule has 0 aliphatic heterocycles. The van der Waals surface area contributed by atoms with Crippen molar-refractivity contribution in [1.29, 1.82) is 0 Å². The Kier molecular flexibility index (Phi) is 6.74. The fraction of sp³-hybridized carbons (Fsp3) is 0.571. The lowest BCUT2D eigenvalue weighted by atomic mass is 10.1. The zero-order valence-corrected chi connectivity index (χ0v) is 12.5. The van der Waals surface area contributed by atoms with Gasteiger partial charge in [0, 0.05) is 18.9 Å². The molecule has 3 N–H and O–H groups in total. The molecule has 0 saturated heterocycles. The summed E-state index contributed by atoms with van der Waals surface area (Å²) in [6, 6.07) is -1.02. The lowest BCUT2D eigenvalue weighted by Crippen LogP contribution is -2.52. The summed E-state index contributed by atoms with van der Waals surface area (Å²) in [4.78, 5) is 31.6. The topological polar surface area (TPSA) is 104 Å². The number of rotatable bonds is 7. The van der Waals surface area contributed by atoms with E-state index in [1.54, 1.807) is 0 Å². The molecule has 0 aliphatic carbocycles. The predicted molar refractivity (Wildman–Crippen MR) is 77.4 cm³/mol. The van der Waals surface area contributed by atoms with E-state index in [4.69, 9.17) is 0 Å². The molecule has 1 rings (SSSR count). The van der Waals surface area contributed by atoms with Crippen LogP contribution in [-0.4, -0.2) is 45.6 Å². The Balaban J connectivity index is 2.61. The smallest absolute Gasteiger partial charge is 0.272 e. The Morgan fingerprint density at radius 1 is 1.29 bits per heavy atom. The summed E-state index contributed by atoms with van der Waals surface area (Å²) in [5.74, 6) is -0.500. The summed E-state index contributed by atoms with van der Waals surface area (Å²) < 4.78 is 0. The van der Waals surface area contributed by atoms with Crippen LogP contribution in [0.3, 0.4) is 0 Å². The first-order valence-electron chi connectivity index (χ1n) is 6.94. The fourth-order valence-electron chi connectivity index (χ4n) is 1.63. The summed E-state index contributed by atoms with van der Waals surface area (Å²) in [7, 11) is 0. The monoisotopic (exact) mass is 294 g/mol.